The Morgan fingerprint density at radius 2 is 2.05 bits per heavy atom. The molecule has 0 aliphatic carbocycles. The summed E-state index contributed by atoms with van der Waals surface area (Å²) < 4.78 is 12.2. The smallest absolute Gasteiger partial charge is 0.176 e. The Morgan fingerprint density at radius 1 is 1.30 bits per heavy atom. The van der Waals surface area contributed by atoms with Crippen molar-refractivity contribution in [3.8, 4) is 5.75 Å². The Labute approximate surface area is 120 Å². The highest BCUT2D eigenvalue weighted by Crippen LogP contribution is 2.42. The summed E-state index contributed by atoms with van der Waals surface area (Å²) in [5.41, 5.74) is 3.24. The molecule has 1 N–H and O–H groups in total. The molecule has 0 bridgehead atoms. The third kappa shape index (κ3) is 2.20. The van der Waals surface area contributed by atoms with Gasteiger partial charge in [-0.1, -0.05) is 26.0 Å². The number of benzene rings is 1. The van der Waals surface area contributed by atoms with Crippen molar-refractivity contribution >= 4 is 11.0 Å². The van der Waals surface area contributed by atoms with Crippen LogP contribution < -0.4 is 10.1 Å². The quantitative estimate of drug-likeness (QED) is 0.919. The van der Waals surface area contributed by atoms with Gasteiger partial charge in [-0.3, -0.25) is 0 Å². The Hall–Kier alpha value is -1.48. The molecular weight excluding hydrogens is 250 g/mol. The van der Waals surface area contributed by atoms with Gasteiger partial charge in [-0.15, -0.1) is 0 Å². The largest absolute Gasteiger partial charge is 0.483 e. The van der Waals surface area contributed by atoms with Crippen molar-refractivity contribution in [1.82, 2.24) is 5.32 Å². The molecule has 3 nitrogen and oxygen atoms in total. The number of hydrogen-bond donors (Lipinski definition) is 1. The van der Waals surface area contributed by atoms with Crippen molar-refractivity contribution in [1.29, 1.82) is 0 Å². The monoisotopic (exact) mass is 273 g/mol. The van der Waals surface area contributed by atoms with Crippen LogP contribution in [0.5, 0.6) is 5.75 Å². The summed E-state index contributed by atoms with van der Waals surface area (Å²) in [5, 5.41) is 4.58. The predicted molar refractivity (Wildman–Crippen MR) is 81.3 cm³/mol. The topological polar surface area (TPSA) is 34.4 Å². The third-order valence-corrected chi connectivity index (χ3v) is 3.91. The van der Waals surface area contributed by atoms with Crippen molar-refractivity contribution in [3.63, 3.8) is 0 Å². The second-order valence-corrected chi connectivity index (χ2v) is 6.65. The van der Waals surface area contributed by atoms with Gasteiger partial charge in [0.1, 0.15) is 11.4 Å². The molecule has 0 saturated carbocycles. The first kappa shape index (κ1) is 13.5. The molecule has 0 atom stereocenters. The van der Waals surface area contributed by atoms with Crippen LogP contribution in [0.2, 0.25) is 0 Å². The van der Waals surface area contributed by atoms with Gasteiger partial charge in [-0.25, -0.2) is 0 Å². The molecule has 1 aromatic heterocycles. The normalized spacial score (nSPS) is 16.7. The molecular formula is C17H23NO2. The van der Waals surface area contributed by atoms with E-state index in [0.29, 0.717) is 6.04 Å². The number of hydrogen-bond acceptors (Lipinski definition) is 3. The van der Waals surface area contributed by atoms with Gasteiger partial charge in [0.15, 0.2) is 11.3 Å². The molecule has 0 fully saturated rings. The molecule has 2 heterocycles. The van der Waals surface area contributed by atoms with E-state index in [1.165, 1.54) is 16.5 Å². The summed E-state index contributed by atoms with van der Waals surface area (Å²) in [6, 6.07) is 4.79. The maximum atomic E-state index is 6.10. The van der Waals surface area contributed by atoms with Gasteiger partial charge in [-0.2, -0.15) is 0 Å². The van der Waals surface area contributed by atoms with Gasteiger partial charge in [0.25, 0.3) is 0 Å². The van der Waals surface area contributed by atoms with Gasteiger partial charge in [0.05, 0.1) is 6.54 Å². The molecule has 0 amide bonds. The lowest BCUT2D eigenvalue weighted by Gasteiger charge is -2.16. The predicted octanol–water partition coefficient (Wildman–Crippen LogP) is 3.95. The zero-order valence-electron chi connectivity index (χ0n) is 13.0. The van der Waals surface area contributed by atoms with Crippen LogP contribution in [0.1, 0.15) is 44.6 Å². The summed E-state index contributed by atoms with van der Waals surface area (Å²) in [5.74, 6) is 1.95. The van der Waals surface area contributed by atoms with Crippen LogP contribution in [0.15, 0.2) is 16.5 Å². The fourth-order valence-electron chi connectivity index (χ4n) is 2.84. The summed E-state index contributed by atoms with van der Waals surface area (Å²) in [6.07, 6.45) is 0.942. The number of fused-ring (bicyclic) bond motifs is 3. The van der Waals surface area contributed by atoms with Crippen LogP contribution in [0.4, 0.5) is 0 Å². The standard InChI is InChI=1S/C17H23NO2/c1-10(2)18-9-14-11(3)13-7-6-12-8-17(4,5)20-15(12)16(13)19-14/h6-7,10,18H,8-9H2,1-5H3. The van der Waals surface area contributed by atoms with Crippen LogP contribution in [-0.2, 0) is 13.0 Å². The van der Waals surface area contributed by atoms with E-state index in [-0.39, 0.29) is 5.60 Å². The molecule has 2 aromatic rings. The SMILES string of the molecule is Cc1c(CNC(C)C)oc2c3c(ccc12)CC(C)(C)O3. The molecule has 108 valence electrons. The summed E-state index contributed by atoms with van der Waals surface area (Å²) >= 11 is 0. The van der Waals surface area contributed by atoms with Crippen LogP contribution >= 0.6 is 0 Å². The average molecular weight is 273 g/mol. The Morgan fingerprint density at radius 3 is 2.75 bits per heavy atom. The fourth-order valence-corrected chi connectivity index (χ4v) is 2.84. The summed E-state index contributed by atoms with van der Waals surface area (Å²) in [6.45, 7) is 11.4. The maximum Gasteiger partial charge on any atom is 0.176 e. The Bertz CT molecular complexity index is 653. The lowest BCUT2D eigenvalue weighted by atomic mass is 10.0. The first-order valence-corrected chi connectivity index (χ1v) is 7.33. The number of furan rings is 1. The second-order valence-electron chi connectivity index (χ2n) is 6.65. The Balaban J connectivity index is 2.05. The lowest BCUT2D eigenvalue weighted by Crippen LogP contribution is -2.24. The van der Waals surface area contributed by atoms with E-state index in [2.05, 4.69) is 52.1 Å². The molecule has 1 aromatic carbocycles. The van der Waals surface area contributed by atoms with Gasteiger partial charge < -0.3 is 14.5 Å². The highest BCUT2D eigenvalue weighted by molar-refractivity contribution is 5.89. The lowest BCUT2D eigenvalue weighted by molar-refractivity contribution is 0.138. The molecule has 1 aliphatic heterocycles. The van der Waals surface area contributed by atoms with E-state index in [1.807, 2.05) is 0 Å². The van der Waals surface area contributed by atoms with Gasteiger partial charge in [0, 0.05) is 23.4 Å². The van der Waals surface area contributed by atoms with Gasteiger partial charge in [-0.05, 0) is 26.3 Å². The zero-order chi connectivity index (χ0) is 14.5. The molecule has 0 unspecified atom stereocenters. The highest BCUT2D eigenvalue weighted by atomic mass is 16.5. The minimum atomic E-state index is -0.131. The van der Waals surface area contributed by atoms with E-state index in [1.54, 1.807) is 0 Å². The van der Waals surface area contributed by atoms with Gasteiger partial charge in [0.2, 0.25) is 0 Å². The van der Waals surface area contributed by atoms with Crippen molar-refractivity contribution in [2.45, 2.75) is 59.2 Å². The van der Waals surface area contributed by atoms with Crippen LogP contribution in [0, 0.1) is 6.92 Å². The molecule has 3 heteroatoms. The number of ether oxygens (including phenoxy) is 1. The van der Waals surface area contributed by atoms with Crippen molar-refractivity contribution < 1.29 is 9.15 Å². The second kappa shape index (κ2) is 4.52. The molecule has 3 rings (SSSR count). The van der Waals surface area contributed by atoms with Crippen molar-refractivity contribution in [2.75, 3.05) is 0 Å². The summed E-state index contributed by atoms with van der Waals surface area (Å²) in [7, 11) is 0. The van der Waals surface area contributed by atoms with E-state index in [9.17, 15) is 0 Å². The number of nitrogens with one attached hydrogen (secondary N) is 1. The van der Waals surface area contributed by atoms with Crippen LogP contribution in [0.3, 0.4) is 0 Å². The first-order valence-electron chi connectivity index (χ1n) is 7.33. The van der Waals surface area contributed by atoms with E-state index in [4.69, 9.17) is 9.15 Å². The van der Waals surface area contributed by atoms with E-state index in [0.717, 1.165) is 30.1 Å². The van der Waals surface area contributed by atoms with Crippen molar-refractivity contribution in [3.05, 3.63) is 29.0 Å². The molecule has 0 saturated heterocycles. The van der Waals surface area contributed by atoms with E-state index < -0.39 is 0 Å². The maximum absolute atomic E-state index is 6.10. The highest BCUT2D eigenvalue weighted by Gasteiger charge is 2.33. The average Bonchev–Trinajstić information content (AvgIpc) is 2.83. The number of aryl methyl sites for hydroxylation is 1. The zero-order valence-corrected chi connectivity index (χ0v) is 13.0. The van der Waals surface area contributed by atoms with Crippen molar-refractivity contribution in [2.24, 2.45) is 0 Å². The summed E-state index contributed by atoms with van der Waals surface area (Å²) in [4.78, 5) is 0. The third-order valence-electron chi connectivity index (χ3n) is 3.91. The molecule has 20 heavy (non-hydrogen) atoms. The van der Waals surface area contributed by atoms with E-state index >= 15 is 0 Å². The minimum Gasteiger partial charge on any atom is -0.483 e. The first-order chi connectivity index (χ1) is 9.37. The Kier molecular flexibility index (Phi) is 3.05. The molecule has 0 spiro atoms. The van der Waals surface area contributed by atoms with Crippen LogP contribution in [0.25, 0.3) is 11.0 Å². The molecule has 1 aliphatic rings. The minimum absolute atomic E-state index is 0.131. The van der Waals surface area contributed by atoms with Gasteiger partial charge >= 0.3 is 0 Å². The van der Waals surface area contributed by atoms with Crippen LogP contribution in [-0.4, -0.2) is 11.6 Å². The fraction of sp³-hybridized carbons (Fsp3) is 0.529. The number of rotatable bonds is 3. The molecule has 0 radical (unpaired) electrons.